The van der Waals surface area contributed by atoms with E-state index < -0.39 is 5.63 Å². The van der Waals surface area contributed by atoms with Gasteiger partial charge in [0, 0.05) is 22.9 Å². The van der Waals surface area contributed by atoms with E-state index in [1.54, 1.807) is 12.1 Å². The second-order valence-corrected chi connectivity index (χ2v) is 3.64. The van der Waals surface area contributed by atoms with Crippen LogP contribution in [0.2, 0.25) is 0 Å². The molecule has 0 saturated carbocycles. The van der Waals surface area contributed by atoms with Gasteiger partial charge in [0.05, 0.1) is 0 Å². The SMILES string of the molecule is O=c1oc2cc(O)ccc2c2ccc(O)nc12. The molecule has 0 aliphatic carbocycles. The van der Waals surface area contributed by atoms with E-state index >= 15 is 0 Å². The van der Waals surface area contributed by atoms with Gasteiger partial charge in [-0.05, 0) is 18.2 Å². The lowest BCUT2D eigenvalue weighted by atomic mass is 10.1. The molecular formula is C12H7NO4. The highest BCUT2D eigenvalue weighted by molar-refractivity contribution is 6.03. The largest absolute Gasteiger partial charge is 0.508 e. The number of benzene rings is 1. The molecule has 0 spiro atoms. The first-order chi connectivity index (χ1) is 8.15. The molecule has 5 nitrogen and oxygen atoms in total. The first-order valence-electron chi connectivity index (χ1n) is 4.91. The fourth-order valence-electron chi connectivity index (χ4n) is 1.79. The van der Waals surface area contributed by atoms with E-state index in [0.29, 0.717) is 10.8 Å². The van der Waals surface area contributed by atoms with Gasteiger partial charge in [-0.3, -0.25) is 0 Å². The predicted molar refractivity (Wildman–Crippen MR) is 61.1 cm³/mol. The molecule has 2 aromatic heterocycles. The summed E-state index contributed by atoms with van der Waals surface area (Å²) >= 11 is 0. The number of phenols is 1. The second kappa shape index (κ2) is 3.21. The lowest BCUT2D eigenvalue weighted by Crippen LogP contribution is -2.01. The van der Waals surface area contributed by atoms with Crippen LogP contribution in [0.5, 0.6) is 11.6 Å². The van der Waals surface area contributed by atoms with Crippen molar-refractivity contribution in [2.24, 2.45) is 0 Å². The van der Waals surface area contributed by atoms with Crippen LogP contribution in [-0.4, -0.2) is 15.2 Å². The lowest BCUT2D eigenvalue weighted by molar-refractivity contribution is 0.454. The minimum Gasteiger partial charge on any atom is -0.508 e. The fourth-order valence-corrected chi connectivity index (χ4v) is 1.79. The topological polar surface area (TPSA) is 83.6 Å². The molecule has 17 heavy (non-hydrogen) atoms. The van der Waals surface area contributed by atoms with Crippen LogP contribution in [0, 0.1) is 0 Å². The molecule has 0 radical (unpaired) electrons. The summed E-state index contributed by atoms with van der Waals surface area (Å²) in [6, 6.07) is 7.48. The molecular weight excluding hydrogens is 222 g/mol. The van der Waals surface area contributed by atoms with Crippen molar-refractivity contribution in [3.63, 3.8) is 0 Å². The van der Waals surface area contributed by atoms with E-state index in [-0.39, 0.29) is 22.7 Å². The predicted octanol–water partition coefficient (Wildman–Crippen LogP) is 1.75. The Morgan fingerprint density at radius 1 is 1.06 bits per heavy atom. The Hall–Kier alpha value is -2.56. The maximum atomic E-state index is 11.6. The summed E-state index contributed by atoms with van der Waals surface area (Å²) in [4.78, 5) is 15.4. The second-order valence-electron chi connectivity index (χ2n) is 3.64. The molecule has 0 fully saturated rings. The van der Waals surface area contributed by atoms with Gasteiger partial charge < -0.3 is 14.6 Å². The van der Waals surface area contributed by atoms with Crippen LogP contribution in [0.15, 0.2) is 39.5 Å². The van der Waals surface area contributed by atoms with E-state index in [1.807, 2.05) is 0 Å². The van der Waals surface area contributed by atoms with Crippen LogP contribution in [0.1, 0.15) is 0 Å². The summed E-state index contributed by atoms with van der Waals surface area (Å²) < 4.78 is 5.02. The number of hydrogen-bond donors (Lipinski definition) is 2. The van der Waals surface area contributed by atoms with Crippen molar-refractivity contribution in [2.45, 2.75) is 0 Å². The molecule has 0 amide bonds. The van der Waals surface area contributed by atoms with Crippen molar-refractivity contribution in [3.05, 3.63) is 40.8 Å². The quantitative estimate of drug-likeness (QED) is 0.453. The summed E-state index contributed by atoms with van der Waals surface area (Å²) in [7, 11) is 0. The van der Waals surface area contributed by atoms with E-state index in [0.717, 1.165) is 0 Å². The maximum absolute atomic E-state index is 11.6. The van der Waals surface area contributed by atoms with E-state index in [9.17, 15) is 15.0 Å². The number of pyridine rings is 1. The van der Waals surface area contributed by atoms with Crippen LogP contribution in [0.4, 0.5) is 0 Å². The average molecular weight is 229 g/mol. The minimum atomic E-state index is -0.644. The number of aromatic hydroxyl groups is 2. The van der Waals surface area contributed by atoms with Crippen LogP contribution < -0.4 is 5.63 Å². The molecule has 0 bridgehead atoms. The average Bonchev–Trinajstić information content (AvgIpc) is 2.29. The van der Waals surface area contributed by atoms with Gasteiger partial charge in [-0.25, -0.2) is 9.78 Å². The van der Waals surface area contributed by atoms with Gasteiger partial charge in [-0.2, -0.15) is 0 Å². The fraction of sp³-hybridized carbons (Fsp3) is 0. The molecule has 3 aromatic rings. The summed E-state index contributed by atoms with van der Waals surface area (Å²) in [6.45, 7) is 0. The molecule has 2 heterocycles. The van der Waals surface area contributed by atoms with Gasteiger partial charge in [-0.15, -0.1) is 0 Å². The molecule has 1 aromatic carbocycles. The Bertz CT molecular complexity index is 791. The molecule has 5 heteroatoms. The molecule has 0 atom stereocenters. The third-order valence-corrected chi connectivity index (χ3v) is 2.53. The number of fused-ring (bicyclic) bond motifs is 3. The zero-order valence-electron chi connectivity index (χ0n) is 8.54. The number of phenolic OH excluding ortho intramolecular Hbond substituents is 1. The highest BCUT2D eigenvalue weighted by atomic mass is 16.4. The molecule has 0 aliphatic heterocycles. The summed E-state index contributed by atoms with van der Waals surface area (Å²) in [5, 5.41) is 19.8. The Morgan fingerprint density at radius 2 is 1.82 bits per heavy atom. The van der Waals surface area contributed by atoms with E-state index in [1.165, 1.54) is 18.2 Å². The van der Waals surface area contributed by atoms with Crippen molar-refractivity contribution in [2.75, 3.05) is 0 Å². The van der Waals surface area contributed by atoms with Crippen molar-refractivity contribution >= 4 is 21.9 Å². The first-order valence-corrected chi connectivity index (χ1v) is 4.91. The van der Waals surface area contributed by atoms with E-state index in [2.05, 4.69) is 4.98 Å². The number of hydrogen-bond acceptors (Lipinski definition) is 5. The Morgan fingerprint density at radius 3 is 2.65 bits per heavy atom. The van der Waals surface area contributed by atoms with Crippen molar-refractivity contribution in [1.82, 2.24) is 4.98 Å². The minimum absolute atomic E-state index is 0.0201. The third kappa shape index (κ3) is 1.40. The monoisotopic (exact) mass is 229 g/mol. The van der Waals surface area contributed by atoms with Crippen LogP contribution in [0.25, 0.3) is 21.9 Å². The smallest absolute Gasteiger partial charge is 0.363 e. The number of nitrogens with zero attached hydrogens (tertiary/aromatic N) is 1. The van der Waals surface area contributed by atoms with Crippen molar-refractivity contribution < 1.29 is 14.6 Å². The van der Waals surface area contributed by atoms with E-state index in [4.69, 9.17) is 4.42 Å². The molecule has 2 N–H and O–H groups in total. The highest BCUT2D eigenvalue weighted by Crippen LogP contribution is 2.25. The van der Waals surface area contributed by atoms with Crippen LogP contribution >= 0.6 is 0 Å². The van der Waals surface area contributed by atoms with Gasteiger partial charge in [0.1, 0.15) is 11.3 Å². The van der Waals surface area contributed by atoms with Gasteiger partial charge in [-0.1, -0.05) is 0 Å². The Labute approximate surface area is 94.6 Å². The molecule has 0 saturated heterocycles. The Kier molecular flexibility index (Phi) is 1.82. The van der Waals surface area contributed by atoms with Crippen molar-refractivity contribution in [1.29, 1.82) is 0 Å². The maximum Gasteiger partial charge on any atom is 0.363 e. The van der Waals surface area contributed by atoms with Crippen LogP contribution in [-0.2, 0) is 0 Å². The number of aromatic nitrogens is 1. The summed E-state index contributed by atoms with van der Waals surface area (Å²) in [6.07, 6.45) is 0. The molecule has 84 valence electrons. The number of rotatable bonds is 0. The van der Waals surface area contributed by atoms with Gasteiger partial charge in [0.25, 0.3) is 0 Å². The molecule has 0 unspecified atom stereocenters. The zero-order chi connectivity index (χ0) is 12.0. The highest BCUT2D eigenvalue weighted by Gasteiger charge is 2.09. The molecule has 0 aliphatic rings. The zero-order valence-corrected chi connectivity index (χ0v) is 8.54. The lowest BCUT2D eigenvalue weighted by Gasteiger charge is -2.02. The standard InChI is InChI=1S/C12H7NO4/c14-6-1-2-7-8-3-4-10(15)13-11(8)12(16)17-9(7)5-6/h1-5,14H,(H,13,15). The Balaban J connectivity index is 2.60. The van der Waals surface area contributed by atoms with Gasteiger partial charge >= 0.3 is 5.63 Å². The summed E-state index contributed by atoms with van der Waals surface area (Å²) in [5.41, 5.74) is -0.285. The normalized spacial score (nSPS) is 11.1. The van der Waals surface area contributed by atoms with Gasteiger partial charge in [0.2, 0.25) is 5.88 Å². The molecule has 3 rings (SSSR count). The third-order valence-electron chi connectivity index (χ3n) is 2.53. The van der Waals surface area contributed by atoms with Crippen LogP contribution in [0.3, 0.4) is 0 Å². The summed E-state index contributed by atoms with van der Waals surface area (Å²) in [5.74, 6) is -0.213. The first kappa shape index (κ1) is 9.65. The van der Waals surface area contributed by atoms with Crippen molar-refractivity contribution in [3.8, 4) is 11.6 Å². The van der Waals surface area contributed by atoms with Gasteiger partial charge in [0.15, 0.2) is 5.52 Å².